The molecule has 25 heavy (non-hydrogen) atoms. The fraction of sp³-hybridized carbons (Fsp3) is 0.350. The molecule has 0 amide bonds. The minimum Gasteiger partial charge on any atom is -0.355 e. The quantitative estimate of drug-likeness (QED) is 0.780. The highest BCUT2D eigenvalue weighted by atomic mass is 15.2. The van der Waals surface area contributed by atoms with E-state index in [4.69, 9.17) is 10.7 Å². The Kier molecular flexibility index (Phi) is 4.09. The van der Waals surface area contributed by atoms with Gasteiger partial charge in [0.1, 0.15) is 5.82 Å². The Labute approximate surface area is 147 Å². The molecule has 0 aliphatic carbocycles. The maximum absolute atomic E-state index is 6.11. The molecule has 0 radical (unpaired) electrons. The van der Waals surface area contributed by atoms with E-state index in [0.717, 1.165) is 48.2 Å². The Morgan fingerprint density at radius 1 is 1.16 bits per heavy atom. The van der Waals surface area contributed by atoms with Crippen molar-refractivity contribution in [3.8, 4) is 11.4 Å². The molecule has 1 aliphatic heterocycles. The molecule has 2 aromatic heterocycles. The topological polar surface area (TPSA) is 67.9 Å². The van der Waals surface area contributed by atoms with Crippen LogP contribution in [0.15, 0.2) is 36.7 Å². The second-order valence-corrected chi connectivity index (χ2v) is 6.89. The zero-order chi connectivity index (χ0) is 17.4. The van der Waals surface area contributed by atoms with Crippen molar-refractivity contribution in [1.82, 2.24) is 15.0 Å². The summed E-state index contributed by atoms with van der Waals surface area (Å²) in [5.41, 5.74) is 10.6. The number of hydrogen-bond acceptors (Lipinski definition) is 5. The largest absolute Gasteiger partial charge is 0.355 e. The summed E-state index contributed by atoms with van der Waals surface area (Å²) in [4.78, 5) is 16.1. The van der Waals surface area contributed by atoms with Crippen LogP contribution in [0.5, 0.6) is 0 Å². The lowest BCUT2D eigenvalue weighted by Crippen LogP contribution is -2.43. The Morgan fingerprint density at radius 3 is 2.88 bits per heavy atom. The summed E-state index contributed by atoms with van der Waals surface area (Å²) in [5.74, 6) is 1.66. The molecule has 4 rings (SSSR count). The normalized spacial score (nSPS) is 17.9. The molecular weight excluding hydrogens is 310 g/mol. The first-order chi connectivity index (χ1) is 12.1. The molecule has 1 saturated heterocycles. The number of pyridine rings is 1. The summed E-state index contributed by atoms with van der Waals surface area (Å²) in [5, 5.41) is 1.12. The van der Waals surface area contributed by atoms with Gasteiger partial charge in [-0.3, -0.25) is 4.98 Å². The smallest absolute Gasteiger partial charge is 0.163 e. The molecule has 1 aliphatic rings. The predicted octanol–water partition coefficient (Wildman–Crippen LogP) is 3.24. The summed E-state index contributed by atoms with van der Waals surface area (Å²) in [6.45, 7) is 6.07. The average Bonchev–Trinajstić information content (AvgIpc) is 2.65. The van der Waals surface area contributed by atoms with Crippen molar-refractivity contribution in [3.63, 3.8) is 0 Å². The first-order valence-corrected chi connectivity index (χ1v) is 8.82. The highest BCUT2D eigenvalue weighted by Crippen LogP contribution is 2.25. The van der Waals surface area contributed by atoms with E-state index >= 15 is 0 Å². The van der Waals surface area contributed by atoms with E-state index in [0.29, 0.717) is 5.82 Å². The van der Waals surface area contributed by atoms with Gasteiger partial charge < -0.3 is 10.6 Å². The van der Waals surface area contributed by atoms with Crippen molar-refractivity contribution < 1.29 is 0 Å². The molecule has 3 aromatic rings. The highest BCUT2D eigenvalue weighted by molar-refractivity contribution is 5.85. The van der Waals surface area contributed by atoms with Gasteiger partial charge in [0.2, 0.25) is 0 Å². The van der Waals surface area contributed by atoms with Gasteiger partial charge in [0.25, 0.3) is 0 Å². The second kappa shape index (κ2) is 6.41. The molecule has 128 valence electrons. The molecule has 1 fully saturated rings. The number of piperidine rings is 1. The van der Waals surface area contributed by atoms with Crippen molar-refractivity contribution in [2.75, 3.05) is 18.0 Å². The van der Waals surface area contributed by atoms with E-state index in [9.17, 15) is 0 Å². The predicted molar refractivity (Wildman–Crippen MR) is 102 cm³/mol. The number of nitrogens with two attached hydrogens (primary N) is 1. The second-order valence-electron chi connectivity index (χ2n) is 6.89. The lowest BCUT2D eigenvalue weighted by Gasteiger charge is -2.31. The molecular formula is C20H23N5. The Hall–Kier alpha value is -2.53. The fourth-order valence-electron chi connectivity index (χ4n) is 3.45. The van der Waals surface area contributed by atoms with Crippen LogP contribution in [0, 0.1) is 13.8 Å². The van der Waals surface area contributed by atoms with Gasteiger partial charge in [-0.25, -0.2) is 9.97 Å². The third-order valence-corrected chi connectivity index (χ3v) is 5.06. The van der Waals surface area contributed by atoms with Crippen LogP contribution in [0.2, 0.25) is 0 Å². The number of aryl methyl sites for hydroxylation is 2. The molecule has 2 N–H and O–H groups in total. The van der Waals surface area contributed by atoms with Gasteiger partial charge in [0.15, 0.2) is 5.82 Å². The minimum atomic E-state index is 0.223. The number of aromatic nitrogens is 3. The standard InChI is InChI=1S/C20H23N5/c1-13-5-6-15-10-16(11-23-19(15)14(13)2)20-22-8-7-18(24-20)25-9-3-4-17(21)12-25/h5-8,10-11,17H,3-4,9,12,21H2,1-2H3. The van der Waals surface area contributed by atoms with Crippen LogP contribution in [0.1, 0.15) is 24.0 Å². The Balaban J connectivity index is 1.71. The molecule has 1 atom stereocenters. The van der Waals surface area contributed by atoms with Crippen molar-refractivity contribution in [1.29, 1.82) is 0 Å². The zero-order valence-electron chi connectivity index (χ0n) is 14.7. The number of benzene rings is 1. The highest BCUT2D eigenvalue weighted by Gasteiger charge is 2.18. The van der Waals surface area contributed by atoms with Crippen LogP contribution in [-0.4, -0.2) is 34.1 Å². The van der Waals surface area contributed by atoms with Crippen LogP contribution in [-0.2, 0) is 0 Å². The first-order valence-electron chi connectivity index (χ1n) is 8.82. The van der Waals surface area contributed by atoms with E-state index in [1.807, 2.05) is 18.5 Å². The van der Waals surface area contributed by atoms with Gasteiger partial charge in [-0.05, 0) is 49.9 Å². The lowest BCUT2D eigenvalue weighted by atomic mass is 10.0. The molecule has 0 spiro atoms. The molecule has 1 unspecified atom stereocenters. The maximum Gasteiger partial charge on any atom is 0.163 e. The van der Waals surface area contributed by atoms with Crippen molar-refractivity contribution in [2.24, 2.45) is 5.73 Å². The Morgan fingerprint density at radius 2 is 2.04 bits per heavy atom. The lowest BCUT2D eigenvalue weighted by molar-refractivity contribution is 0.503. The molecule has 5 heteroatoms. The van der Waals surface area contributed by atoms with Crippen LogP contribution < -0.4 is 10.6 Å². The molecule has 3 heterocycles. The molecule has 0 saturated carbocycles. The van der Waals surface area contributed by atoms with E-state index in [2.05, 4.69) is 46.9 Å². The number of hydrogen-bond donors (Lipinski definition) is 1. The number of rotatable bonds is 2. The zero-order valence-corrected chi connectivity index (χ0v) is 14.7. The van der Waals surface area contributed by atoms with Crippen molar-refractivity contribution in [3.05, 3.63) is 47.8 Å². The van der Waals surface area contributed by atoms with Crippen LogP contribution >= 0.6 is 0 Å². The van der Waals surface area contributed by atoms with Crippen molar-refractivity contribution in [2.45, 2.75) is 32.7 Å². The van der Waals surface area contributed by atoms with E-state index < -0.39 is 0 Å². The third-order valence-electron chi connectivity index (χ3n) is 5.06. The molecule has 5 nitrogen and oxygen atoms in total. The first kappa shape index (κ1) is 16.0. The van der Waals surface area contributed by atoms with Gasteiger partial charge in [0.05, 0.1) is 5.52 Å². The number of anilines is 1. The summed E-state index contributed by atoms with van der Waals surface area (Å²) < 4.78 is 0. The number of nitrogens with zero attached hydrogens (tertiary/aromatic N) is 4. The summed E-state index contributed by atoms with van der Waals surface area (Å²) in [7, 11) is 0. The summed E-state index contributed by atoms with van der Waals surface area (Å²) in [6.07, 6.45) is 5.89. The van der Waals surface area contributed by atoms with Crippen LogP contribution in [0.3, 0.4) is 0 Å². The van der Waals surface area contributed by atoms with Crippen molar-refractivity contribution >= 4 is 16.7 Å². The average molecular weight is 333 g/mol. The maximum atomic E-state index is 6.11. The monoisotopic (exact) mass is 333 g/mol. The fourth-order valence-corrected chi connectivity index (χ4v) is 3.45. The van der Waals surface area contributed by atoms with Crippen LogP contribution in [0.25, 0.3) is 22.3 Å². The molecule has 0 bridgehead atoms. The van der Waals surface area contributed by atoms with E-state index in [1.165, 1.54) is 11.1 Å². The van der Waals surface area contributed by atoms with Gasteiger partial charge >= 0.3 is 0 Å². The summed E-state index contributed by atoms with van der Waals surface area (Å²) in [6, 6.07) is 8.55. The third kappa shape index (κ3) is 3.07. The van der Waals surface area contributed by atoms with Gasteiger partial charge in [-0.2, -0.15) is 0 Å². The Bertz CT molecular complexity index is 921. The number of fused-ring (bicyclic) bond motifs is 1. The minimum absolute atomic E-state index is 0.223. The van der Waals surface area contributed by atoms with Gasteiger partial charge in [-0.1, -0.05) is 12.1 Å². The van der Waals surface area contributed by atoms with Gasteiger partial charge in [0, 0.05) is 42.5 Å². The van der Waals surface area contributed by atoms with Crippen LogP contribution in [0.4, 0.5) is 5.82 Å². The summed E-state index contributed by atoms with van der Waals surface area (Å²) >= 11 is 0. The SMILES string of the molecule is Cc1ccc2cc(-c3nccc(N4CCCC(N)C4)n3)cnc2c1C. The van der Waals surface area contributed by atoms with Gasteiger partial charge in [-0.15, -0.1) is 0 Å². The van der Waals surface area contributed by atoms with E-state index in [-0.39, 0.29) is 6.04 Å². The van der Waals surface area contributed by atoms with E-state index in [1.54, 1.807) is 0 Å². The molecule has 1 aromatic carbocycles.